The number of hydrogen-bond acceptors (Lipinski definition) is 6. The number of hydrogen-bond donors (Lipinski definition) is 1. The molecule has 1 aliphatic rings. The van der Waals surface area contributed by atoms with E-state index < -0.39 is 0 Å². The fourth-order valence-corrected chi connectivity index (χ4v) is 4.98. The van der Waals surface area contributed by atoms with Gasteiger partial charge in [0.05, 0.1) is 29.0 Å². The highest BCUT2D eigenvalue weighted by atomic mass is 32.2. The molecule has 0 bridgehead atoms. The van der Waals surface area contributed by atoms with Crippen LogP contribution in [-0.2, 0) is 16.1 Å². The van der Waals surface area contributed by atoms with E-state index in [0.717, 1.165) is 41.5 Å². The summed E-state index contributed by atoms with van der Waals surface area (Å²) in [7, 11) is 0. The minimum absolute atomic E-state index is 0.0763. The van der Waals surface area contributed by atoms with Crippen molar-refractivity contribution in [2.75, 3.05) is 35.7 Å². The topological polar surface area (TPSA) is 76.5 Å². The van der Waals surface area contributed by atoms with Gasteiger partial charge in [0.1, 0.15) is 0 Å². The van der Waals surface area contributed by atoms with Gasteiger partial charge in [0.25, 0.3) is 0 Å². The molecule has 3 aromatic rings. The highest BCUT2D eigenvalue weighted by Crippen LogP contribution is 2.26. The predicted molar refractivity (Wildman–Crippen MR) is 133 cm³/mol. The Morgan fingerprint density at radius 2 is 1.82 bits per heavy atom. The Morgan fingerprint density at radius 1 is 1.06 bits per heavy atom. The first-order valence-electron chi connectivity index (χ1n) is 11.5. The predicted octanol–water partition coefficient (Wildman–Crippen LogP) is 4.95. The van der Waals surface area contributed by atoms with Gasteiger partial charge in [-0.25, -0.2) is 9.78 Å². The van der Waals surface area contributed by atoms with Gasteiger partial charge in [0.2, 0.25) is 5.91 Å². The van der Waals surface area contributed by atoms with Crippen LogP contribution in [0.15, 0.2) is 47.6 Å². The second kappa shape index (κ2) is 10.7. The van der Waals surface area contributed by atoms with Crippen molar-refractivity contribution in [2.24, 2.45) is 0 Å². The Bertz CT molecular complexity index is 1120. The number of aromatic nitrogens is 2. The first kappa shape index (κ1) is 23.2. The van der Waals surface area contributed by atoms with Gasteiger partial charge in [0, 0.05) is 31.0 Å². The van der Waals surface area contributed by atoms with Crippen molar-refractivity contribution in [3.05, 3.63) is 48.0 Å². The van der Waals surface area contributed by atoms with Gasteiger partial charge >= 0.3 is 5.97 Å². The smallest absolute Gasteiger partial charge is 0.338 e. The molecule has 33 heavy (non-hydrogen) atoms. The Kier molecular flexibility index (Phi) is 7.54. The van der Waals surface area contributed by atoms with Crippen LogP contribution in [-0.4, -0.2) is 46.9 Å². The number of nitrogens with zero attached hydrogens (tertiary/aromatic N) is 3. The van der Waals surface area contributed by atoms with Crippen molar-refractivity contribution in [1.29, 1.82) is 0 Å². The molecular weight excluding hydrogens is 436 g/mol. The van der Waals surface area contributed by atoms with Gasteiger partial charge in [-0.1, -0.05) is 11.8 Å². The molecule has 2 heterocycles. The zero-order valence-corrected chi connectivity index (χ0v) is 20.0. The molecule has 1 N–H and O–H groups in total. The van der Waals surface area contributed by atoms with E-state index in [9.17, 15) is 9.59 Å². The number of carbonyl (C=O) groups is 2. The first-order valence-corrected chi connectivity index (χ1v) is 12.5. The summed E-state index contributed by atoms with van der Waals surface area (Å²) >= 11 is 1.39. The summed E-state index contributed by atoms with van der Waals surface area (Å²) in [5.74, 6) is -0.181. The average molecular weight is 467 g/mol. The molecule has 1 saturated heterocycles. The standard InChI is InChI=1S/C25H30N4O3S/c1-3-29-22-13-8-18(24(31)32-4-2)16-21(22)27-25(29)33-17-23(30)26-19-9-11-20(12-10-19)28-14-6-5-7-15-28/h8-13,16H,3-7,14-15,17H2,1-2H3,(H,26,30). The summed E-state index contributed by atoms with van der Waals surface area (Å²) < 4.78 is 7.13. The van der Waals surface area contributed by atoms with Gasteiger partial charge in [-0.15, -0.1) is 0 Å². The van der Waals surface area contributed by atoms with Crippen molar-refractivity contribution in [3.63, 3.8) is 0 Å². The third kappa shape index (κ3) is 5.50. The summed E-state index contributed by atoms with van der Waals surface area (Å²) in [6, 6.07) is 13.5. The van der Waals surface area contributed by atoms with Crippen LogP contribution in [0, 0.1) is 0 Å². The van der Waals surface area contributed by atoms with Crippen LogP contribution in [0.1, 0.15) is 43.5 Å². The van der Waals surface area contributed by atoms with Crippen LogP contribution >= 0.6 is 11.8 Å². The summed E-state index contributed by atoms with van der Waals surface area (Å²) in [5.41, 5.74) is 4.14. The summed E-state index contributed by atoms with van der Waals surface area (Å²) in [5, 5.41) is 3.73. The molecule has 0 saturated carbocycles. The van der Waals surface area contributed by atoms with Gasteiger partial charge in [-0.2, -0.15) is 0 Å². The minimum Gasteiger partial charge on any atom is -0.462 e. The number of thioether (sulfide) groups is 1. The van der Waals surface area contributed by atoms with E-state index in [1.807, 2.05) is 25.1 Å². The molecule has 1 aliphatic heterocycles. The number of anilines is 2. The quantitative estimate of drug-likeness (QED) is 0.374. The van der Waals surface area contributed by atoms with Crippen LogP contribution < -0.4 is 10.2 Å². The Labute approximate surface area is 198 Å². The van der Waals surface area contributed by atoms with Crippen molar-refractivity contribution < 1.29 is 14.3 Å². The third-order valence-corrected chi connectivity index (χ3v) is 6.72. The molecule has 4 rings (SSSR count). The molecule has 1 aromatic heterocycles. The number of ether oxygens (including phenoxy) is 1. The Morgan fingerprint density at radius 3 is 2.52 bits per heavy atom. The fourth-order valence-electron chi connectivity index (χ4n) is 4.10. The third-order valence-electron chi connectivity index (χ3n) is 5.75. The van der Waals surface area contributed by atoms with Gasteiger partial charge in [-0.05, 0) is 75.6 Å². The maximum absolute atomic E-state index is 12.6. The number of rotatable bonds is 8. The average Bonchev–Trinajstić information content (AvgIpc) is 3.20. The van der Waals surface area contributed by atoms with Crippen LogP contribution in [0.25, 0.3) is 11.0 Å². The van der Waals surface area contributed by atoms with E-state index in [2.05, 4.69) is 31.9 Å². The lowest BCUT2D eigenvalue weighted by Crippen LogP contribution is -2.29. The van der Waals surface area contributed by atoms with Crippen LogP contribution in [0.4, 0.5) is 11.4 Å². The van der Waals surface area contributed by atoms with Gasteiger partial charge in [0.15, 0.2) is 5.16 Å². The molecule has 2 aromatic carbocycles. The normalized spacial score (nSPS) is 13.8. The molecular formula is C25H30N4O3S. The van der Waals surface area contributed by atoms with E-state index in [1.165, 1.54) is 36.7 Å². The maximum atomic E-state index is 12.6. The molecule has 174 valence electrons. The number of amides is 1. The van der Waals surface area contributed by atoms with Crippen molar-refractivity contribution in [2.45, 2.75) is 44.8 Å². The minimum atomic E-state index is -0.356. The lowest BCUT2D eigenvalue weighted by Gasteiger charge is -2.28. The zero-order valence-electron chi connectivity index (χ0n) is 19.2. The van der Waals surface area contributed by atoms with E-state index in [-0.39, 0.29) is 17.6 Å². The molecule has 1 fully saturated rings. The zero-order chi connectivity index (χ0) is 23.2. The lowest BCUT2D eigenvalue weighted by molar-refractivity contribution is -0.113. The Hall–Kier alpha value is -3.00. The molecule has 0 atom stereocenters. The maximum Gasteiger partial charge on any atom is 0.338 e. The number of fused-ring (bicyclic) bond motifs is 1. The van der Waals surface area contributed by atoms with Crippen LogP contribution in [0.5, 0.6) is 0 Å². The SMILES string of the molecule is CCOC(=O)c1ccc2c(c1)nc(SCC(=O)Nc1ccc(N3CCCCC3)cc1)n2CC. The second-order valence-electron chi connectivity index (χ2n) is 7.99. The highest BCUT2D eigenvalue weighted by molar-refractivity contribution is 7.99. The lowest BCUT2D eigenvalue weighted by atomic mass is 10.1. The van der Waals surface area contributed by atoms with Crippen LogP contribution in [0.3, 0.4) is 0 Å². The number of imidazole rings is 1. The van der Waals surface area contributed by atoms with E-state index in [0.29, 0.717) is 12.2 Å². The second-order valence-corrected chi connectivity index (χ2v) is 8.94. The summed E-state index contributed by atoms with van der Waals surface area (Å²) in [6.45, 7) is 7.07. The molecule has 0 radical (unpaired) electrons. The van der Waals surface area contributed by atoms with E-state index >= 15 is 0 Å². The van der Waals surface area contributed by atoms with Crippen molar-refractivity contribution in [1.82, 2.24) is 9.55 Å². The van der Waals surface area contributed by atoms with E-state index in [1.54, 1.807) is 19.1 Å². The molecule has 8 heteroatoms. The molecule has 1 amide bonds. The molecule has 0 aliphatic carbocycles. The van der Waals surface area contributed by atoms with Crippen molar-refractivity contribution in [3.8, 4) is 0 Å². The fraction of sp³-hybridized carbons (Fsp3) is 0.400. The number of piperidine rings is 1. The number of aryl methyl sites for hydroxylation is 1. The van der Waals surface area contributed by atoms with Crippen molar-refractivity contribution >= 4 is 46.0 Å². The number of esters is 1. The molecule has 7 nitrogen and oxygen atoms in total. The summed E-state index contributed by atoms with van der Waals surface area (Å²) in [6.07, 6.45) is 3.78. The van der Waals surface area contributed by atoms with Gasteiger partial charge < -0.3 is 19.5 Å². The first-order chi connectivity index (χ1) is 16.1. The number of benzene rings is 2. The Balaban J connectivity index is 1.39. The monoisotopic (exact) mass is 466 g/mol. The largest absolute Gasteiger partial charge is 0.462 e. The highest BCUT2D eigenvalue weighted by Gasteiger charge is 2.15. The number of carbonyl (C=O) groups excluding carboxylic acids is 2. The number of nitrogens with one attached hydrogen (secondary N) is 1. The molecule has 0 unspecified atom stereocenters. The van der Waals surface area contributed by atoms with Gasteiger partial charge in [-0.3, -0.25) is 4.79 Å². The van der Waals surface area contributed by atoms with Crippen LogP contribution in [0.2, 0.25) is 0 Å². The van der Waals surface area contributed by atoms with E-state index in [4.69, 9.17) is 4.74 Å². The molecule has 0 spiro atoms. The summed E-state index contributed by atoms with van der Waals surface area (Å²) in [4.78, 5) is 31.7.